The van der Waals surface area contributed by atoms with Gasteiger partial charge >= 0.3 is 6.03 Å². The van der Waals surface area contributed by atoms with E-state index in [1.807, 2.05) is 0 Å². The lowest BCUT2D eigenvalue weighted by Gasteiger charge is -2.36. The average Bonchev–Trinajstić information content (AvgIpc) is 3.21. The van der Waals surface area contributed by atoms with Gasteiger partial charge in [0, 0.05) is 49.2 Å². The largest absolute Gasteiger partial charge is 0.479 e. The summed E-state index contributed by atoms with van der Waals surface area (Å²) >= 11 is 0. The highest BCUT2D eigenvalue weighted by Gasteiger charge is 2.46. The Morgan fingerprint density at radius 2 is 2.16 bits per heavy atom. The van der Waals surface area contributed by atoms with Gasteiger partial charge in [0.15, 0.2) is 0 Å². The van der Waals surface area contributed by atoms with Crippen molar-refractivity contribution in [3.8, 4) is 5.88 Å². The Bertz CT molecular complexity index is 1220. The number of nitrogens with zero attached hydrogens (tertiary/aromatic N) is 7. The monoisotopic (exact) mass is 435 g/mol. The van der Waals surface area contributed by atoms with Gasteiger partial charge in [0.1, 0.15) is 17.3 Å². The van der Waals surface area contributed by atoms with E-state index in [2.05, 4.69) is 41.7 Å². The summed E-state index contributed by atoms with van der Waals surface area (Å²) in [6, 6.07) is 1.80. The number of piperazine rings is 1. The van der Waals surface area contributed by atoms with Gasteiger partial charge in [-0.2, -0.15) is 15.1 Å². The number of aromatic nitrogens is 5. The zero-order valence-corrected chi connectivity index (χ0v) is 18.1. The molecule has 1 saturated carbocycles. The molecule has 166 valence electrons. The first kappa shape index (κ1) is 19.2. The summed E-state index contributed by atoms with van der Waals surface area (Å²) in [7, 11) is 1.51. The molecule has 11 heteroatoms. The lowest BCUT2D eigenvalue weighted by molar-refractivity contribution is 0.257. The third kappa shape index (κ3) is 3.11. The fourth-order valence-corrected chi connectivity index (χ4v) is 4.75. The highest BCUT2D eigenvalue weighted by atomic mass is 16.5. The number of ether oxygens (including phenoxy) is 1. The van der Waals surface area contributed by atoms with Gasteiger partial charge in [0.2, 0.25) is 5.88 Å². The highest BCUT2D eigenvalue weighted by molar-refractivity contribution is 6.03. The van der Waals surface area contributed by atoms with Crippen molar-refractivity contribution in [1.29, 1.82) is 0 Å². The molecule has 1 spiro atoms. The predicted molar refractivity (Wildman–Crippen MR) is 119 cm³/mol. The molecule has 2 fully saturated rings. The number of hydrogen-bond donors (Lipinski definition) is 2. The van der Waals surface area contributed by atoms with Crippen molar-refractivity contribution in [2.24, 2.45) is 0 Å². The first-order valence-corrected chi connectivity index (χ1v) is 10.9. The van der Waals surface area contributed by atoms with Crippen LogP contribution in [0.3, 0.4) is 0 Å². The molecular weight excluding hydrogens is 410 g/mol. The third-order valence-electron chi connectivity index (χ3n) is 6.50. The summed E-state index contributed by atoms with van der Waals surface area (Å²) in [4.78, 5) is 30.5. The van der Waals surface area contributed by atoms with Crippen LogP contribution in [0.1, 0.15) is 24.2 Å². The van der Waals surface area contributed by atoms with Crippen LogP contribution in [0.2, 0.25) is 0 Å². The van der Waals surface area contributed by atoms with Crippen LogP contribution in [0, 0.1) is 6.92 Å². The third-order valence-corrected chi connectivity index (χ3v) is 6.50. The summed E-state index contributed by atoms with van der Waals surface area (Å²) in [6.45, 7) is 5.31. The second kappa shape index (κ2) is 7.02. The Kier molecular flexibility index (Phi) is 4.22. The van der Waals surface area contributed by atoms with Crippen molar-refractivity contribution in [2.45, 2.75) is 31.7 Å². The van der Waals surface area contributed by atoms with Gasteiger partial charge in [-0.15, -0.1) is 0 Å². The Morgan fingerprint density at radius 3 is 2.97 bits per heavy atom. The van der Waals surface area contributed by atoms with E-state index >= 15 is 0 Å². The van der Waals surface area contributed by atoms with E-state index in [9.17, 15) is 4.79 Å². The molecule has 0 unspecified atom stereocenters. The number of aryl methyl sites for hydroxylation is 1. The molecule has 0 bridgehead atoms. The first-order chi connectivity index (χ1) is 15.5. The van der Waals surface area contributed by atoms with E-state index in [0.29, 0.717) is 29.7 Å². The molecule has 11 nitrogen and oxygen atoms in total. The molecule has 2 amide bonds. The van der Waals surface area contributed by atoms with Gasteiger partial charge in [0.05, 0.1) is 13.3 Å². The number of urea groups is 1. The summed E-state index contributed by atoms with van der Waals surface area (Å²) < 4.78 is 6.89. The van der Waals surface area contributed by atoms with Crippen molar-refractivity contribution in [2.75, 3.05) is 48.4 Å². The van der Waals surface area contributed by atoms with Gasteiger partial charge in [-0.3, -0.25) is 4.90 Å². The number of fused-ring (bicyclic) bond motifs is 2. The smallest absolute Gasteiger partial charge is 0.327 e. The number of carbonyl (C=O) groups is 1. The lowest BCUT2D eigenvalue weighted by atomic mass is 10.1. The van der Waals surface area contributed by atoms with Gasteiger partial charge < -0.3 is 20.3 Å². The van der Waals surface area contributed by atoms with E-state index in [-0.39, 0.29) is 17.5 Å². The van der Waals surface area contributed by atoms with Crippen LogP contribution < -0.4 is 25.2 Å². The van der Waals surface area contributed by atoms with E-state index in [4.69, 9.17) is 4.74 Å². The van der Waals surface area contributed by atoms with Crippen LogP contribution in [-0.2, 0) is 6.42 Å². The molecule has 0 atom stereocenters. The van der Waals surface area contributed by atoms with Gasteiger partial charge in [-0.05, 0) is 32.3 Å². The molecule has 1 aliphatic carbocycles. The Morgan fingerprint density at radius 1 is 1.28 bits per heavy atom. The van der Waals surface area contributed by atoms with Crippen LogP contribution in [0.15, 0.2) is 18.5 Å². The molecule has 32 heavy (non-hydrogen) atoms. The summed E-state index contributed by atoms with van der Waals surface area (Å²) in [5.74, 6) is 2.01. The second-order valence-corrected chi connectivity index (χ2v) is 8.66. The van der Waals surface area contributed by atoms with E-state index in [0.717, 1.165) is 31.6 Å². The maximum atomic E-state index is 13.2. The molecular formula is C21H25N9O2. The molecule has 3 aromatic rings. The number of pyridine rings is 1. The Labute approximate surface area is 184 Å². The van der Waals surface area contributed by atoms with Gasteiger partial charge in [0.25, 0.3) is 5.78 Å². The first-order valence-electron chi connectivity index (χ1n) is 10.9. The van der Waals surface area contributed by atoms with E-state index < -0.39 is 0 Å². The minimum atomic E-state index is -0.274. The van der Waals surface area contributed by atoms with Crippen molar-refractivity contribution < 1.29 is 9.53 Å². The Balaban J connectivity index is 1.27. The number of rotatable bonds is 3. The average molecular weight is 435 g/mol. The number of nitrogens with one attached hydrogen (secondary N) is 2. The molecule has 3 aliphatic rings. The molecule has 6 rings (SSSR count). The topological polar surface area (TPSA) is 113 Å². The molecule has 2 aliphatic heterocycles. The lowest BCUT2D eigenvalue weighted by Crippen LogP contribution is -2.52. The SMILES string of the molecule is COc1nc2nc(C)nn2cc1NC(=O)N1CCc2c(N3CCNC4(CC4)C3)ccnc21. The van der Waals surface area contributed by atoms with Crippen molar-refractivity contribution in [1.82, 2.24) is 29.9 Å². The Hall–Kier alpha value is -3.47. The molecule has 0 aromatic carbocycles. The summed E-state index contributed by atoms with van der Waals surface area (Å²) in [5.41, 5.74) is 3.04. The fourth-order valence-electron chi connectivity index (χ4n) is 4.75. The van der Waals surface area contributed by atoms with Crippen molar-refractivity contribution >= 4 is 29.0 Å². The van der Waals surface area contributed by atoms with E-state index in [1.165, 1.54) is 30.2 Å². The number of methoxy groups -OCH3 is 1. The van der Waals surface area contributed by atoms with Crippen LogP contribution in [0.4, 0.5) is 22.0 Å². The zero-order chi connectivity index (χ0) is 21.9. The van der Waals surface area contributed by atoms with Crippen molar-refractivity contribution in [3.05, 3.63) is 29.8 Å². The van der Waals surface area contributed by atoms with Crippen molar-refractivity contribution in [3.63, 3.8) is 0 Å². The fraction of sp³-hybridized carbons (Fsp3) is 0.476. The standard InChI is InChI=1S/C21H25N9O2/c1-13-24-19-26-18(32-2)15(11-30(19)27-13)25-20(31)29-9-4-14-16(3-7-22-17(14)29)28-10-8-23-21(12-28)5-6-21/h3,7,11,23H,4-6,8-10,12H2,1-2H3,(H,25,31). The zero-order valence-electron chi connectivity index (χ0n) is 18.1. The maximum absolute atomic E-state index is 13.2. The van der Waals surface area contributed by atoms with Crippen LogP contribution in [-0.4, -0.2) is 69.4 Å². The predicted octanol–water partition coefficient (Wildman–Crippen LogP) is 1.37. The minimum absolute atomic E-state index is 0.274. The van der Waals surface area contributed by atoms with E-state index in [1.54, 1.807) is 24.2 Å². The quantitative estimate of drug-likeness (QED) is 0.634. The molecule has 3 aromatic heterocycles. The van der Waals surface area contributed by atoms with Crippen LogP contribution in [0.25, 0.3) is 5.78 Å². The molecule has 1 saturated heterocycles. The van der Waals surface area contributed by atoms with Crippen LogP contribution >= 0.6 is 0 Å². The summed E-state index contributed by atoms with van der Waals surface area (Å²) in [6.07, 6.45) is 6.71. The highest BCUT2D eigenvalue weighted by Crippen LogP contribution is 2.41. The number of carbonyl (C=O) groups excluding carboxylic acids is 1. The van der Waals surface area contributed by atoms with Crippen LogP contribution in [0.5, 0.6) is 5.88 Å². The molecule has 2 N–H and O–H groups in total. The minimum Gasteiger partial charge on any atom is -0.479 e. The molecule has 5 heterocycles. The summed E-state index contributed by atoms with van der Waals surface area (Å²) in [5, 5.41) is 10.8. The maximum Gasteiger partial charge on any atom is 0.327 e. The molecule has 0 radical (unpaired) electrons. The number of anilines is 3. The van der Waals surface area contributed by atoms with Gasteiger partial charge in [-0.25, -0.2) is 14.3 Å². The van der Waals surface area contributed by atoms with Gasteiger partial charge in [-0.1, -0.05) is 0 Å². The number of amides is 2. The normalized spacial score (nSPS) is 18.8. The second-order valence-electron chi connectivity index (χ2n) is 8.66. The number of hydrogen-bond acceptors (Lipinski definition) is 8.